The van der Waals surface area contributed by atoms with Gasteiger partial charge in [0.2, 0.25) is 0 Å². The molecule has 0 spiro atoms. The molecule has 1 aromatic heterocycles. The maximum absolute atomic E-state index is 7.11. The molecule has 0 N–H and O–H groups in total. The van der Waals surface area contributed by atoms with Crippen molar-refractivity contribution in [1.29, 1.82) is 0 Å². The number of para-hydroxylation sites is 2. The third-order valence-corrected chi connectivity index (χ3v) is 11.7. The van der Waals surface area contributed by atoms with Crippen molar-refractivity contribution in [3.05, 3.63) is 155 Å². The number of furan rings is 1. The van der Waals surface area contributed by atoms with Crippen LogP contribution in [0.2, 0.25) is 0 Å². The number of rotatable bonds is 3. The van der Waals surface area contributed by atoms with Crippen molar-refractivity contribution in [2.45, 2.75) is 85.5 Å². The molecule has 0 aliphatic carbocycles. The van der Waals surface area contributed by atoms with Crippen LogP contribution in [0, 0.1) is 6.92 Å². The van der Waals surface area contributed by atoms with Crippen LogP contribution < -0.4 is 35.9 Å². The summed E-state index contributed by atoms with van der Waals surface area (Å²) >= 11 is 0. The fourth-order valence-electron chi connectivity index (χ4n) is 8.51. The van der Waals surface area contributed by atoms with Gasteiger partial charge in [0, 0.05) is 34.0 Å². The summed E-state index contributed by atoms with van der Waals surface area (Å²) in [5.74, 6) is 3.10. The van der Waals surface area contributed by atoms with E-state index < -0.39 is 0 Å². The number of nitrogens with zero attached hydrogens (tertiary/aromatic N) is 2. The smallest absolute Gasteiger partial charge is 0.297 e. The Morgan fingerprint density at radius 2 is 1.11 bits per heavy atom. The fraction of sp³-hybridized carbons (Fsp3) is 0.255. The minimum Gasteiger partial charge on any atom is -0.473 e. The number of hydrogen-bond acceptors (Lipinski definition) is 5. The highest BCUT2D eigenvalue weighted by molar-refractivity contribution is 6.99. The van der Waals surface area contributed by atoms with E-state index in [0.717, 1.165) is 51.1 Å². The molecule has 6 heteroatoms. The Morgan fingerprint density at radius 1 is 0.579 bits per heavy atom. The largest absolute Gasteiger partial charge is 0.473 e. The van der Waals surface area contributed by atoms with Crippen LogP contribution in [0.25, 0.3) is 6.08 Å². The summed E-state index contributed by atoms with van der Waals surface area (Å²) in [6, 6.07) is 39.6. The van der Waals surface area contributed by atoms with E-state index in [1.165, 1.54) is 27.6 Å². The lowest BCUT2D eigenvalue weighted by atomic mass is 9.35. The molecule has 0 unspecified atom stereocenters. The SMILES string of the molecule is C=C1Oc2ccccc2O/C1=C/c1c(C)oc2c1N(c1ccc(C(C)(C)C)cc1)c1cccc3c1B2c1cc(C(C)(C)C)ccc1N3c1ccc(C(C)(C)C)cc1. The first-order chi connectivity index (χ1) is 27.0. The molecule has 5 aromatic carbocycles. The van der Waals surface area contributed by atoms with Gasteiger partial charge in [-0.1, -0.05) is 123 Å². The van der Waals surface area contributed by atoms with Gasteiger partial charge in [-0.15, -0.1) is 0 Å². The zero-order chi connectivity index (χ0) is 40.2. The Bertz CT molecular complexity index is 2610. The summed E-state index contributed by atoms with van der Waals surface area (Å²) in [5.41, 5.74) is 14.7. The van der Waals surface area contributed by atoms with Gasteiger partial charge in [-0.25, -0.2) is 0 Å². The van der Waals surface area contributed by atoms with Gasteiger partial charge in [0.25, 0.3) is 6.71 Å². The topological polar surface area (TPSA) is 38.1 Å². The molecule has 0 saturated heterocycles. The minimum atomic E-state index is -0.169. The number of anilines is 6. The Morgan fingerprint density at radius 3 is 1.68 bits per heavy atom. The second-order valence-corrected chi connectivity index (χ2v) is 18.8. The van der Waals surface area contributed by atoms with Crippen molar-refractivity contribution >= 4 is 63.5 Å². The molecule has 4 heterocycles. The molecule has 0 fully saturated rings. The summed E-state index contributed by atoms with van der Waals surface area (Å²) < 4.78 is 19.8. The number of aryl methyl sites for hydroxylation is 1. The number of hydrogen-bond donors (Lipinski definition) is 0. The fourth-order valence-corrected chi connectivity index (χ4v) is 8.51. The molecule has 0 radical (unpaired) electrons. The molecule has 5 nitrogen and oxygen atoms in total. The molecule has 0 amide bonds. The quantitative estimate of drug-likeness (QED) is 0.168. The Labute approximate surface area is 338 Å². The average molecular weight is 751 g/mol. The van der Waals surface area contributed by atoms with Gasteiger partial charge in [-0.2, -0.15) is 0 Å². The lowest BCUT2D eigenvalue weighted by Crippen LogP contribution is -2.61. The summed E-state index contributed by atoms with van der Waals surface area (Å²) in [6.07, 6.45) is 2.04. The molecular formula is C51H51BN2O3. The monoisotopic (exact) mass is 750 g/mol. The van der Waals surface area contributed by atoms with Crippen molar-refractivity contribution in [3.8, 4) is 11.5 Å². The lowest BCUT2D eigenvalue weighted by Gasteiger charge is -2.43. The van der Waals surface area contributed by atoms with Crippen LogP contribution in [0.5, 0.6) is 11.5 Å². The first-order valence-corrected chi connectivity index (χ1v) is 20.1. The van der Waals surface area contributed by atoms with Gasteiger partial charge < -0.3 is 23.7 Å². The van der Waals surface area contributed by atoms with Crippen molar-refractivity contribution in [2.75, 3.05) is 9.80 Å². The first kappa shape index (κ1) is 36.7. The van der Waals surface area contributed by atoms with E-state index in [1.54, 1.807) is 0 Å². The van der Waals surface area contributed by atoms with Gasteiger partial charge >= 0.3 is 0 Å². The highest BCUT2D eigenvalue weighted by Crippen LogP contribution is 2.48. The summed E-state index contributed by atoms with van der Waals surface area (Å²) in [6.45, 7) is 26.6. The van der Waals surface area contributed by atoms with E-state index in [9.17, 15) is 0 Å². The van der Waals surface area contributed by atoms with Gasteiger partial charge in [0.05, 0.1) is 11.3 Å². The molecule has 0 saturated carbocycles. The second-order valence-electron chi connectivity index (χ2n) is 18.8. The molecular weight excluding hydrogens is 699 g/mol. The standard InChI is InChI=1S/C51H51BN2O3/c1-31-38(30-45-32(2)55-43-17-12-13-18-44(43)57-45)47-48(56-31)52-39-29-35(51(9,10)11)23-28-40(39)53(36-24-19-33(20-25-36)49(3,4)5)41-15-14-16-42(46(41)52)54(47)37-26-21-34(22-27-37)50(6,7)8/h12-30H,2H2,1,3-11H3/b45-30+. The molecule has 0 atom stereocenters. The molecule has 3 aliphatic rings. The average Bonchev–Trinajstić information content (AvgIpc) is 3.48. The lowest BCUT2D eigenvalue weighted by molar-refractivity contribution is 0.299. The zero-order valence-electron chi connectivity index (χ0n) is 34.9. The maximum atomic E-state index is 7.11. The maximum Gasteiger partial charge on any atom is 0.297 e. The first-order valence-electron chi connectivity index (χ1n) is 20.1. The van der Waals surface area contributed by atoms with Crippen molar-refractivity contribution in [3.63, 3.8) is 0 Å². The van der Waals surface area contributed by atoms with Crippen LogP contribution in [-0.4, -0.2) is 6.71 Å². The van der Waals surface area contributed by atoms with E-state index in [2.05, 4.69) is 171 Å². The third-order valence-electron chi connectivity index (χ3n) is 11.7. The van der Waals surface area contributed by atoms with E-state index >= 15 is 0 Å². The minimum absolute atomic E-state index is 0.0108. The highest BCUT2D eigenvalue weighted by Gasteiger charge is 2.47. The number of fused-ring (bicyclic) bond motifs is 5. The second kappa shape index (κ2) is 12.8. The van der Waals surface area contributed by atoms with E-state index in [0.29, 0.717) is 23.0 Å². The molecule has 57 heavy (non-hydrogen) atoms. The summed E-state index contributed by atoms with van der Waals surface area (Å²) in [4.78, 5) is 4.84. The van der Waals surface area contributed by atoms with Crippen LogP contribution in [-0.2, 0) is 16.2 Å². The number of ether oxygens (including phenoxy) is 2. The van der Waals surface area contributed by atoms with Gasteiger partial charge in [-0.3, -0.25) is 0 Å². The van der Waals surface area contributed by atoms with Crippen LogP contribution in [0.4, 0.5) is 34.1 Å². The molecule has 3 aliphatic heterocycles. The van der Waals surface area contributed by atoms with Crippen LogP contribution in [0.3, 0.4) is 0 Å². The van der Waals surface area contributed by atoms with Gasteiger partial charge in [-0.05, 0) is 111 Å². The van der Waals surface area contributed by atoms with Gasteiger partial charge in [0.15, 0.2) is 23.0 Å². The Hall–Kier alpha value is -5.88. The molecule has 286 valence electrons. The van der Waals surface area contributed by atoms with E-state index in [-0.39, 0.29) is 23.0 Å². The van der Waals surface area contributed by atoms with Crippen LogP contribution in [0.15, 0.2) is 132 Å². The highest BCUT2D eigenvalue weighted by atomic mass is 16.6. The molecule has 6 aromatic rings. The normalized spacial score (nSPS) is 15.4. The Kier molecular flexibility index (Phi) is 8.27. The summed E-state index contributed by atoms with van der Waals surface area (Å²) in [7, 11) is 0. The van der Waals surface area contributed by atoms with Crippen molar-refractivity contribution in [2.24, 2.45) is 0 Å². The summed E-state index contributed by atoms with van der Waals surface area (Å²) in [5, 5.41) is 0. The molecule has 0 bridgehead atoms. The predicted molar refractivity (Wildman–Crippen MR) is 238 cm³/mol. The van der Waals surface area contributed by atoms with Crippen LogP contribution in [0.1, 0.15) is 90.3 Å². The van der Waals surface area contributed by atoms with Gasteiger partial charge in [0.1, 0.15) is 5.76 Å². The van der Waals surface area contributed by atoms with Crippen molar-refractivity contribution < 1.29 is 13.9 Å². The third kappa shape index (κ3) is 6.08. The zero-order valence-corrected chi connectivity index (χ0v) is 34.9. The van der Waals surface area contributed by atoms with Crippen molar-refractivity contribution in [1.82, 2.24) is 0 Å². The predicted octanol–water partition coefficient (Wildman–Crippen LogP) is 11.9. The van der Waals surface area contributed by atoms with E-state index in [4.69, 9.17) is 13.9 Å². The molecule has 9 rings (SSSR count). The Balaban J connectivity index is 1.32. The number of benzene rings is 5. The van der Waals surface area contributed by atoms with Crippen LogP contribution >= 0.6 is 0 Å². The van der Waals surface area contributed by atoms with E-state index in [1.807, 2.05) is 30.3 Å².